The largest absolute Gasteiger partial charge is 0.308 e. The fraction of sp³-hybridized carbons (Fsp3) is 0.167. The van der Waals surface area contributed by atoms with E-state index in [4.69, 9.17) is 0 Å². The summed E-state index contributed by atoms with van der Waals surface area (Å²) in [6.07, 6.45) is 0. The van der Waals surface area contributed by atoms with E-state index in [9.17, 15) is 0 Å². The first kappa shape index (κ1) is 21.0. The fourth-order valence-electron chi connectivity index (χ4n) is 7.16. The van der Waals surface area contributed by atoms with E-state index in [1.54, 1.807) is 0 Å². The minimum absolute atomic E-state index is 0.0460. The van der Waals surface area contributed by atoms with Crippen LogP contribution in [0.1, 0.15) is 49.9 Å². The lowest BCUT2D eigenvalue weighted by atomic mass is 9.68. The van der Waals surface area contributed by atoms with Crippen LogP contribution in [-0.4, -0.2) is 4.57 Å². The third-order valence-electron chi connectivity index (χ3n) is 9.14. The van der Waals surface area contributed by atoms with Gasteiger partial charge in [-0.1, -0.05) is 113 Å². The average molecular weight is 476 g/mol. The second-order valence-electron chi connectivity index (χ2n) is 11.9. The molecule has 3 heterocycles. The van der Waals surface area contributed by atoms with E-state index in [1.165, 1.54) is 72.0 Å². The molecule has 1 aromatic heterocycles. The zero-order chi connectivity index (χ0) is 25.1. The van der Waals surface area contributed by atoms with Gasteiger partial charge in [-0.15, -0.1) is 0 Å². The van der Waals surface area contributed by atoms with Crippen LogP contribution in [0.3, 0.4) is 0 Å². The van der Waals surface area contributed by atoms with Gasteiger partial charge in [0.15, 0.2) is 0 Å². The predicted octanol–water partition coefficient (Wildman–Crippen LogP) is 9.40. The Labute approximate surface area is 218 Å². The van der Waals surface area contributed by atoms with Crippen LogP contribution in [0.4, 0.5) is 0 Å². The molecule has 1 nitrogen and oxygen atoms in total. The summed E-state index contributed by atoms with van der Waals surface area (Å²) >= 11 is 0. The lowest BCUT2D eigenvalue weighted by molar-refractivity contribution is 0.594. The Morgan fingerprint density at radius 1 is 0.432 bits per heavy atom. The van der Waals surface area contributed by atoms with Gasteiger partial charge in [-0.2, -0.15) is 0 Å². The summed E-state index contributed by atoms with van der Waals surface area (Å²) in [5, 5.41) is 2.72. The molecule has 1 heteroatoms. The van der Waals surface area contributed by atoms with Crippen molar-refractivity contribution in [3.8, 4) is 27.9 Å². The fourth-order valence-corrected chi connectivity index (χ4v) is 7.16. The Kier molecular flexibility index (Phi) is 3.87. The highest BCUT2D eigenvalue weighted by molar-refractivity contribution is 6.15. The van der Waals surface area contributed by atoms with Gasteiger partial charge in [-0.3, -0.25) is 0 Å². The topological polar surface area (TPSA) is 4.93 Å². The molecule has 8 rings (SSSR count). The molecule has 0 radical (unpaired) electrons. The second-order valence-corrected chi connectivity index (χ2v) is 11.9. The van der Waals surface area contributed by atoms with E-state index in [0.717, 1.165) is 0 Å². The number of para-hydroxylation sites is 2. The molecule has 5 aromatic carbocycles. The number of hydrogen-bond acceptors (Lipinski definition) is 0. The first-order valence-electron chi connectivity index (χ1n) is 13.3. The highest BCUT2D eigenvalue weighted by Gasteiger charge is 2.43. The third-order valence-corrected chi connectivity index (χ3v) is 9.14. The smallest absolute Gasteiger partial charge is 0.0582 e. The van der Waals surface area contributed by atoms with Crippen LogP contribution in [-0.2, 0) is 10.8 Å². The van der Waals surface area contributed by atoms with Gasteiger partial charge in [0.1, 0.15) is 0 Å². The van der Waals surface area contributed by atoms with Crippen molar-refractivity contribution in [2.24, 2.45) is 0 Å². The monoisotopic (exact) mass is 475 g/mol. The van der Waals surface area contributed by atoms with Crippen molar-refractivity contribution in [1.82, 2.24) is 4.57 Å². The van der Waals surface area contributed by atoms with Crippen LogP contribution in [0.2, 0.25) is 0 Å². The Balaban J connectivity index is 1.51. The maximum absolute atomic E-state index is 2.60. The molecule has 0 fully saturated rings. The van der Waals surface area contributed by atoms with Crippen molar-refractivity contribution in [2.45, 2.75) is 38.5 Å². The van der Waals surface area contributed by atoms with E-state index in [-0.39, 0.29) is 10.8 Å². The van der Waals surface area contributed by atoms with Crippen LogP contribution >= 0.6 is 0 Å². The molecule has 0 unspecified atom stereocenters. The van der Waals surface area contributed by atoms with E-state index >= 15 is 0 Å². The highest BCUT2D eigenvalue weighted by Crippen LogP contribution is 2.55. The van der Waals surface area contributed by atoms with Crippen molar-refractivity contribution in [2.75, 3.05) is 0 Å². The molecule has 0 saturated carbocycles. The molecule has 37 heavy (non-hydrogen) atoms. The SMILES string of the molecule is CC1(C)c2cccc3c2-n2c4c1cccc4c1cc(-c4cccc(-c5ccccc5)c4)cc(c12)C3(C)C. The molecule has 0 saturated heterocycles. The lowest BCUT2D eigenvalue weighted by Crippen LogP contribution is -2.33. The van der Waals surface area contributed by atoms with Crippen LogP contribution in [0.5, 0.6) is 0 Å². The van der Waals surface area contributed by atoms with Crippen molar-refractivity contribution >= 4 is 21.8 Å². The maximum atomic E-state index is 2.60. The van der Waals surface area contributed by atoms with Crippen LogP contribution in [0.25, 0.3) is 49.7 Å². The Bertz CT molecular complexity index is 1910. The zero-order valence-corrected chi connectivity index (χ0v) is 21.8. The summed E-state index contributed by atoms with van der Waals surface area (Å²) in [7, 11) is 0. The summed E-state index contributed by atoms with van der Waals surface area (Å²) in [5.41, 5.74) is 14.8. The van der Waals surface area contributed by atoms with Gasteiger partial charge < -0.3 is 4.57 Å². The normalized spacial score (nSPS) is 16.0. The van der Waals surface area contributed by atoms with Gasteiger partial charge in [-0.05, 0) is 62.7 Å². The van der Waals surface area contributed by atoms with E-state index in [0.29, 0.717) is 0 Å². The highest BCUT2D eigenvalue weighted by atomic mass is 15.0. The molecule has 0 N–H and O–H groups in total. The van der Waals surface area contributed by atoms with E-state index in [2.05, 4.69) is 135 Å². The first-order valence-corrected chi connectivity index (χ1v) is 13.3. The molecule has 2 aliphatic rings. The zero-order valence-electron chi connectivity index (χ0n) is 21.8. The number of aromatic nitrogens is 1. The van der Waals surface area contributed by atoms with Crippen molar-refractivity contribution in [1.29, 1.82) is 0 Å². The van der Waals surface area contributed by atoms with Crippen LogP contribution < -0.4 is 0 Å². The van der Waals surface area contributed by atoms with Gasteiger partial charge in [0.05, 0.1) is 16.7 Å². The van der Waals surface area contributed by atoms with Gasteiger partial charge >= 0.3 is 0 Å². The molecular formula is C36H29N. The summed E-state index contributed by atoms with van der Waals surface area (Å²) < 4.78 is 2.60. The second kappa shape index (κ2) is 6.81. The predicted molar refractivity (Wildman–Crippen MR) is 156 cm³/mol. The molecule has 0 aliphatic carbocycles. The molecule has 0 bridgehead atoms. The van der Waals surface area contributed by atoms with Crippen molar-refractivity contribution in [3.05, 3.63) is 125 Å². The van der Waals surface area contributed by atoms with Crippen molar-refractivity contribution < 1.29 is 0 Å². The summed E-state index contributed by atoms with van der Waals surface area (Å²) in [5.74, 6) is 0. The quantitative estimate of drug-likeness (QED) is 0.235. The summed E-state index contributed by atoms with van der Waals surface area (Å²) in [6.45, 7) is 9.60. The number of benzene rings is 5. The molecular weight excluding hydrogens is 446 g/mol. The number of hydrogen-bond donors (Lipinski definition) is 0. The van der Waals surface area contributed by atoms with Gasteiger partial charge in [-0.25, -0.2) is 0 Å². The van der Waals surface area contributed by atoms with Crippen molar-refractivity contribution in [3.63, 3.8) is 0 Å². The van der Waals surface area contributed by atoms with Gasteiger partial charge in [0.2, 0.25) is 0 Å². The van der Waals surface area contributed by atoms with E-state index < -0.39 is 0 Å². The van der Waals surface area contributed by atoms with Crippen LogP contribution in [0.15, 0.2) is 103 Å². The molecule has 0 spiro atoms. The summed E-state index contributed by atoms with van der Waals surface area (Å²) in [4.78, 5) is 0. The van der Waals surface area contributed by atoms with Gasteiger partial charge in [0.25, 0.3) is 0 Å². The molecule has 2 aliphatic heterocycles. The maximum Gasteiger partial charge on any atom is 0.0582 e. The number of fused-ring (bicyclic) bond motifs is 1. The molecule has 0 amide bonds. The Hall–Kier alpha value is -4.10. The average Bonchev–Trinajstić information content (AvgIpc) is 3.26. The standard InChI is InChI=1S/C36H29N/c1-35(2)28-16-9-15-26-27-20-25(24-14-8-13-23(19-24)22-11-6-5-7-12-22)21-31-33(27)37(32(26)28)34-29(35)17-10-18-30(34)36(31,3)4/h5-21H,1-4H3. The minimum atomic E-state index is -0.103. The summed E-state index contributed by atoms with van der Waals surface area (Å²) in [6, 6.07) is 38.5. The third kappa shape index (κ3) is 2.54. The van der Waals surface area contributed by atoms with Gasteiger partial charge in [0, 0.05) is 21.6 Å². The number of nitrogens with zero attached hydrogens (tertiary/aromatic N) is 1. The number of rotatable bonds is 2. The minimum Gasteiger partial charge on any atom is -0.308 e. The Morgan fingerprint density at radius 2 is 1.00 bits per heavy atom. The Morgan fingerprint density at radius 3 is 1.76 bits per heavy atom. The molecule has 0 atom stereocenters. The molecule has 178 valence electrons. The van der Waals surface area contributed by atoms with E-state index in [1.807, 2.05) is 0 Å². The first-order chi connectivity index (χ1) is 17.9. The molecule has 6 aromatic rings. The lowest BCUT2D eigenvalue weighted by Gasteiger charge is -2.42. The van der Waals surface area contributed by atoms with Crippen LogP contribution in [0, 0.1) is 0 Å².